The molecule has 26 heavy (non-hydrogen) atoms. The molecule has 0 aliphatic carbocycles. The molecule has 0 aromatic heterocycles. The second kappa shape index (κ2) is 14.2. The first-order valence-corrected chi connectivity index (χ1v) is 9.32. The molecule has 5 nitrogen and oxygen atoms in total. The van der Waals surface area contributed by atoms with Gasteiger partial charge in [-0.25, -0.2) is 4.99 Å². The highest BCUT2D eigenvalue weighted by Gasteiger charge is 2.12. The van der Waals surface area contributed by atoms with Crippen molar-refractivity contribution in [2.24, 2.45) is 4.99 Å². The van der Waals surface area contributed by atoms with Crippen LogP contribution in [-0.2, 0) is 17.9 Å². The van der Waals surface area contributed by atoms with Crippen LogP contribution in [0.3, 0.4) is 0 Å². The fourth-order valence-corrected chi connectivity index (χ4v) is 2.84. The van der Waals surface area contributed by atoms with Crippen LogP contribution >= 0.6 is 24.0 Å². The number of methoxy groups -OCH3 is 1. The van der Waals surface area contributed by atoms with Crippen molar-refractivity contribution in [2.75, 3.05) is 26.7 Å². The summed E-state index contributed by atoms with van der Waals surface area (Å²) in [6.07, 6.45) is 0. The molecule has 1 aromatic carbocycles. The monoisotopic (exact) mass is 476 g/mol. The maximum Gasteiger partial charge on any atom is 0.191 e. The Labute approximate surface area is 177 Å². The van der Waals surface area contributed by atoms with Crippen LogP contribution in [0.1, 0.15) is 45.7 Å². The fraction of sp³-hybridized carbons (Fsp3) is 0.650. The van der Waals surface area contributed by atoms with Crippen molar-refractivity contribution < 1.29 is 4.74 Å². The minimum absolute atomic E-state index is 0. The van der Waals surface area contributed by atoms with Crippen molar-refractivity contribution >= 4 is 29.9 Å². The van der Waals surface area contributed by atoms with Gasteiger partial charge in [-0.15, -0.1) is 24.0 Å². The highest BCUT2D eigenvalue weighted by atomic mass is 127. The normalized spacial score (nSPS) is 11.8. The lowest BCUT2D eigenvalue weighted by Gasteiger charge is -2.30. The molecule has 2 N–H and O–H groups in total. The Bertz CT molecular complexity index is 495. The molecule has 0 unspecified atom stereocenters. The zero-order valence-electron chi connectivity index (χ0n) is 17.2. The number of halogens is 1. The topological polar surface area (TPSA) is 48.9 Å². The van der Waals surface area contributed by atoms with Crippen LogP contribution in [0.25, 0.3) is 0 Å². The van der Waals surface area contributed by atoms with E-state index in [9.17, 15) is 0 Å². The van der Waals surface area contributed by atoms with E-state index in [1.807, 2.05) is 0 Å². The van der Waals surface area contributed by atoms with Gasteiger partial charge in [0.1, 0.15) is 0 Å². The molecule has 1 aromatic rings. The van der Waals surface area contributed by atoms with Gasteiger partial charge in [0.2, 0.25) is 0 Å². The van der Waals surface area contributed by atoms with Gasteiger partial charge in [-0.05, 0) is 45.7 Å². The summed E-state index contributed by atoms with van der Waals surface area (Å²) in [5.41, 5.74) is 2.38. The van der Waals surface area contributed by atoms with Gasteiger partial charge in [0.15, 0.2) is 5.96 Å². The second-order valence-corrected chi connectivity index (χ2v) is 6.80. The molecule has 0 fully saturated rings. The number of hydrogen-bond donors (Lipinski definition) is 2. The molecule has 0 amide bonds. The maximum absolute atomic E-state index is 5.14. The molecule has 0 saturated carbocycles. The number of rotatable bonds is 10. The standard InChI is InChI=1S/C20H36N4O.HI/c1-7-21-20(22-12-13-24(16(2)3)17(4)5)23-14-18-8-10-19(11-9-18)15-25-6;/h8-11,16-17H,7,12-15H2,1-6H3,(H2,21,22,23);1H. The van der Waals surface area contributed by atoms with Crippen LogP contribution in [0.15, 0.2) is 29.3 Å². The van der Waals surface area contributed by atoms with Gasteiger partial charge in [-0.3, -0.25) is 4.90 Å². The van der Waals surface area contributed by atoms with Gasteiger partial charge in [0, 0.05) is 38.8 Å². The Hall–Kier alpha value is -0.860. The Morgan fingerprint density at radius 1 is 1.04 bits per heavy atom. The first-order valence-electron chi connectivity index (χ1n) is 9.32. The quantitative estimate of drug-likeness (QED) is 0.308. The van der Waals surface area contributed by atoms with Crippen LogP contribution in [0, 0.1) is 0 Å². The van der Waals surface area contributed by atoms with E-state index in [1.165, 1.54) is 11.1 Å². The fourth-order valence-electron chi connectivity index (χ4n) is 2.84. The van der Waals surface area contributed by atoms with E-state index < -0.39 is 0 Å². The SMILES string of the molecule is CCNC(=NCc1ccc(COC)cc1)NCCN(C(C)C)C(C)C.I. The molecule has 0 saturated heterocycles. The van der Waals surface area contributed by atoms with Crippen LogP contribution in [0.2, 0.25) is 0 Å². The van der Waals surface area contributed by atoms with Crippen molar-refractivity contribution in [1.82, 2.24) is 15.5 Å². The second-order valence-electron chi connectivity index (χ2n) is 6.80. The highest BCUT2D eigenvalue weighted by molar-refractivity contribution is 14.0. The third-order valence-electron chi connectivity index (χ3n) is 4.09. The molecule has 0 aliphatic heterocycles. The van der Waals surface area contributed by atoms with E-state index in [0.29, 0.717) is 25.2 Å². The summed E-state index contributed by atoms with van der Waals surface area (Å²) in [4.78, 5) is 7.17. The molecule has 0 spiro atoms. The molecule has 0 bridgehead atoms. The van der Waals surface area contributed by atoms with Crippen molar-refractivity contribution in [3.63, 3.8) is 0 Å². The first kappa shape index (κ1) is 25.1. The van der Waals surface area contributed by atoms with Crippen molar-refractivity contribution in [1.29, 1.82) is 0 Å². The minimum Gasteiger partial charge on any atom is -0.380 e. The van der Waals surface area contributed by atoms with Crippen molar-refractivity contribution in [2.45, 2.75) is 59.9 Å². The van der Waals surface area contributed by atoms with Crippen LogP contribution in [0.4, 0.5) is 0 Å². The molecule has 0 atom stereocenters. The summed E-state index contributed by atoms with van der Waals surface area (Å²) < 4.78 is 5.14. The Morgan fingerprint density at radius 2 is 1.62 bits per heavy atom. The average molecular weight is 476 g/mol. The zero-order valence-corrected chi connectivity index (χ0v) is 19.5. The lowest BCUT2D eigenvalue weighted by Crippen LogP contribution is -2.45. The summed E-state index contributed by atoms with van der Waals surface area (Å²) in [6.45, 7) is 15.1. The predicted molar refractivity (Wildman–Crippen MR) is 122 cm³/mol. The van der Waals surface area contributed by atoms with Gasteiger partial charge >= 0.3 is 0 Å². The minimum atomic E-state index is 0. The average Bonchev–Trinajstić information content (AvgIpc) is 2.57. The summed E-state index contributed by atoms with van der Waals surface area (Å²) in [5, 5.41) is 6.76. The third-order valence-corrected chi connectivity index (χ3v) is 4.09. The molecular weight excluding hydrogens is 439 g/mol. The zero-order chi connectivity index (χ0) is 18.7. The highest BCUT2D eigenvalue weighted by Crippen LogP contribution is 2.07. The Kier molecular flexibility index (Phi) is 13.8. The van der Waals surface area contributed by atoms with E-state index in [-0.39, 0.29) is 24.0 Å². The van der Waals surface area contributed by atoms with Crippen LogP contribution < -0.4 is 10.6 Å². The Morgan fingerprint density at radius 3 is 2.12 bits per heavy atom. The lowest BCUT2D eigenvalue weighted by molar-refractivity contribution is 0.178. The number of nitrogens with one attached hydrogen (secondary N) is 2. The van der Waals surface area contributed by atoms with E-state index in [4.69, 9.17) is 9.73 Å². The van der Waals surface area contributed by atoms with Crippen molar-refractivity contribution in [3.8, 4) is 0 Å². The number of benzene rings is 1. The number of hydrogen-bond acceptors (Lipinski definition) is 3. The number of nitrogens with zero attached hydrogens (tertiary/aromatic N) is 2. The molecule has 0 aliphatic rings. The largest absolute Gasteiger partial charge is 0.380 e. The van der Waals surface area contributed by atoms with E-state index in [1.54, 1.807) is 7.11 Å². The van der Waals surface area contributed by atoms with Gasteiger partial charge in [-0.1, -0.05) is 24.3 Å². The van der Waals surface area contributed by atoms with Crippen LogP contribution in [-0.4, -0.2) is 49.7 Å². The van der Waals surface area contributed by atoms with Gasteiger partial charge in [0.05, 0.1) is 13.2 Å². The summed E-state index contributed by atoms with van der Waals surface area (Å²) in [5.74, 6) is 0.871. The van der Waals surface area contributed by atoms with E-state index >= 15 is 0 Å². The number of ether oxygens (including phenoxy) is 1. The van der Waals surface area contributed by atoms with Crippen LogP contribution in [0.5, 0.6) is 0 Å². The number of aliphatic imine (C=N–C) groups is 1. The van der Waals surface area contributed by atoms with E-state index in [0.717, 1.165) is 25.6 Å². The third kappa shape index (κ3) is 9.73. The molecular formula is C20H37IN4O. The van der Waals surface area contributed by atoms with Gasteiger partial charge in [-0.2, -0.15) is 0 Å². The molecule has 6 heteroatoms. The number of guanidine groups is 1. The summed E-state index contributed by atoms with van der Waals surface area (Å²) in [6, 6.07) is 9.51. The van der Waals surface area contributed by atoms with E-state index in [2.05, 4.69) is 74.4 Å². The smallest absolute Gasteiger partial charge is 0.191 e. The molecule has 150 valence electrons. The lowest BCUT2D eigenvalue weighted by atomic mass is 10.1. The maximum atomic E-state index is 5.14. The molecule has 1 rings (SSSR count). The molecule has 0 radical (unpaired) electrons. The Balaban J connectivity index is 0.00000625. The van der Waals surface area contributed by atoms with Gasteiger partial charge in [0.25, 0.3) is 0 Å². The first-order chi connectivity index (χ1) is 12.0. The summed E-state index contributed by atoms with van der Waals surface area (Å²) >= 11 is 0. The van der Waals surface area contributed by atoms with Gasteiger partial charge < -0.3 is 15.4 Å². The predicted octanol–water partition coefficient (Wildman–Crippen LogP) is 3.62. The molecule has 0 heterocycles. The summed E-state index contributed by atoms with van der Waals surface area (Å²) in [7, 11) is 1.71. The van der Waals surface area contributed by atoms with Crippen molar-refractivity contribution in [3.05, 3.63) is 35.4 Å².